The molecule has 0 aliphatic carbocycles. The second kappa shape index (κ2) is 14.9. The largest absolute Gasteiger partial charge is 1.00 e. The lowest BCUT2D eigenvalue weighted by atomic mass is 9.85. The molecule has 0 bridgehead atoms. The van der Waals surface area contributed by atoms with E-state index in [2.05, 4.69) is 27.0 Å². The van der Waals surface area contributed by atoms with E-state index in [1.807, 2.05) is 0 Å². The van der Waals surface area contributed by atoms with Crippen LogP contribution in [0.2, 0.25) is 0 Å². The highest BCUT2D eigenvalue weighted by molar-refractivity contribution is 5.94. The number of anilines is 1. The molecule has 47 heavy (non-hydrogen) atoms. The predicted octanol–water partition coefficient (Wildman–Crippen LogP) is -1.17. The molecular weight excluding hydrogens is 648 g/mol. The quantitative estimate of drug-likeness (QED) is 0.126. The van der Waals surface area contributed by atoms with Crippen LogP contribution in [0.3, 0.4) is 0 Å². The Kier molecular flexibility index (Phi) is 11.0. The Morgan fingerprint density at radius 1 is 1.11 bits per heavy atom. The lowest BCUT2D eigenvalue weighted by Crippen LogP contribution is -3.00. The van der Waals surface area contributed by atoms with Crippen LogP contribution >= 0.6 is 0 Å². The number of amides is 2. The SMILES string of the molecule is C[C@@H](N1CCN(c2ccc(-n3cnnn3)cc2)C1=O)[C@@](O)(CN1CN(COC(=O)OCCCC(=O)O)[C+]=N1)c1ccc(F)cc1F.[Cl-]. The fourth-order valence-corrected chi connectivity index (χ4v) is 5.13. The molecule has 0 spiro atoms. The van der Waals surface area contributed by atoms with E-state index in [1.165, 1.54) is 30.7 Å². The standard InChI is InChI=1S/C28H29F2N9O7.ClH/c1-19(37-10-11-38(26(37)42)21-5-7-22(8-6-21)39-15-31-33-34-39)28(44,23-9-4-20(29)13-24(23)30)14-36-17-35(16-32-36)18-46-27(43)45-12-2-3-25(40)41;/h4-9,13,15,19,44H,2-3,10-12,14,17-18H2,1H3;1H/t19-,28+;/m1./s1. The average molecular weight is 678 g/mol. The molecule has 1 saturated heterocycles. The van der Waals surface area contributed by atoms with Crippen molar-refractivity contribution in [3.8, 4) is 5.69 Å². The van der Waals surface area contributed by atoms with E-state index in [0.29, 0.717) is 17.4 Å². The number of carbonyl (C=O) groups is 3. The molecule has 3 aromatic rings. The van der Waals surface area contributed by atoms with Gasteiger partial charge in [-0.25, -0.2) is 28.1 Å². The van der Waals surface area contributed by atoms with E-state index in [9.17, 15) is 23.9 Å². The minimum Gasteiger partial charge on any atom is -1.00 e. The fourth-order valence-electron chi connectivity index (χ4n) is 5.13. The zero-order valence-corrected chi connectivity index (χ0v) is 25.7. The minimum atomic E-state index is -2.08. The van der Waals surface area contributed by atoms with Crippen molar-refractivity contribution in [2.24, 2.45) is 5.10 Å². The van der Waals surface area contributed by atoms with Crippen LogP contribution in [-0.4, -0.2) is 115 Å². The van der Waals surface area contributed by atoms with Crippen molar-refractivity contribution in [2.45, 2.75) is 31.4 Å². The van der Waals surface area contributed by atoms with Crippen LogP contribution in [0.1, 0.15) is 25.3 Å². The Morgan fingerprint density at radius 3 is 2.53 bits per heavy atom. The van der Waals surface area contributed by atoms with Gasteiger partial charge < -0.3 is 37.0 Å². The van der Waals surface area contributed by atoms with Crippen molar-refractivity contribution in [1.29, 1.82) is 0 Å². The number of aliphatic carboxylic acids is 1. The van der Waals surface area contributed by atoms with Crippen LogP contribution in [-0.2, 0) is 19.9 Å². The Hall–Kier alpha value is -5.19. The lowest BCUT2D eigenvalue weighted by molar-refractivity contribution is -0.137. The summed E-state index contributed by atoms with van der Waals surface area (Å²) in [4.78, 5) is 40.3. The summed E-state index contributed by atoms with van der Waals surface area (Å²) in [7, 11) is 0. The number of carbonyl (C=O) groups excluding carboxylic acids is 2. The maximum atomic E-state index is 15.2. The molecule has 16 nitrogen and oxygen atoms in total. The van der Waals surface area contributed by atoms with Crippen molar-refractivity contribution in [3.05, 3.63) is 66.0 Å². The summed E-state index contributed by atoms with van der Waals surface area (Å²) in [5.74, 6) is -2.86. The van der Waals surface area contributed by atoms with Gasteiger partial charge in [-0.2, -0.15) is 0 Å². The molecule has 1 fully saturated rings. The molecule has 2 aliphatic heterocycles. The molecule has 2 amide bonds. The highest BCUT2D eigenvalue weighted by Crippen LogP contribution is 2.35. The molecule has 5 rings (SSSR count). The molecule has 19 heteroatoms. The number of rotatable bonds is 13. The third-order valence-electron chi connectivity index (χ3n) is 7.55. The number of halogens is 3. The number of aliphatic hydroxyl groups is 1. The van der Waals surface area contributed by atoms with Crippen molar-refractivity contribution in [3.63, 3.8) is 0 Å². The molecule has 2 aliphatic rings. The Labute approximate surface area is 273 Å². The Morgan fingerprint density at radius 2 is 1.85 bits per heavy atom. The fraction of sp³-hybridized carbons (Fsp3) is 0.393. The predicted molar refractivity (Wildman–Crippen MR) is 153 cm³/mol. The molecule has 2 aromatic carbocycles. The molecule has 3 heterocycles. The van der Waals surface area contributed by atoms with E-state index >= 15 is 4.39 Å². The zero-order valence-electron chi connectivity index (χ0n) is 24.9. The van der Waals surface area contributed by atoms with Gasteiger partial charge in [0.1, 0.15) is 28.7 Å². The number of carboxylic acids is 1. The van der Waals surface area contributed by atoms with Crippen LogP contribution in [0.5, 0.6) is 0 Å². The van der Waals surface area contributed by atoms with Crippen LogP contribution < -0.4 is 17.3 Å². The zero-order chi connectivity index (χ0) is 32.8. The Balaban J connectivity index is 0.00000500. The number of nitrogens with zero attached hydrogens (tertiary/aromatic N) is 9. The number of β-amino-alcohol motifs (C(OH)–C–C–N with tert-alkyl or cyclic N) is 1. The van der Waals surface area contributed by atoms with Crippen molar-refractivity contribution >= 4 is 30.2 Å². The number of benzene rings is 2. The maximum Gasteiger partial charge on any atom is 0.547 e. The number of hydrogen-bond donors (Lipinski definition) is 2. The lowest BCUT2D eigenvalue weighted by Gasteiger charge is -2.40. The van der Waals surface area contributed by atoms with E-state index < -0.39 is 41.4 Å². The number of aromatic nitrogens is 4. The summed E-state index contributed by atoms with van der Waals surface area (Å²) in [6, 6.07) is 8.28. The van der Waals surface area contributed by atoms with Crippen LogP contribution in [0, 0.1) is 11.6 Å². The molecule has 0 saturated carbocycles. The molecular formula is C28H30ClF2N9O7. The first-order valence-corrected chi connectivity index (χ1v) is 14.1. The first-order valence-electron chi connectivity index (χ1n) is 14.1. The molecule has 2 atom stereocenters. The third kappa shape index (κ3) is 7.97. The summed E-state index contributed by atoms with van der Waals surface area (Å²) >= 11 is 0. The first-order chi connectivity index (χ1) is 22.0. The second-order valence-electron chi connectivity index (χ2n) is 10.5. The van der Waals surface area contributed by atoms with Gasteiger partial charge in [-0.3, -0.25) is 9.69 Å². The van der Waals surface area contributed by atoms with E-state index in [0.717, 1.165) is 12.1 Å². The van der Waals surface area contributed by atoms with Gasteiger partial charge in [-0.15, -0.1) is 5.10 Å². The highest BCUT2D eigenvalue weighted by Gasteiger charge is 2.48. The number of urea groups is 1. The first kappa shape index (κ1) is 34.7. The van der Waals surface area contributed by atoms with Crippen molar-refractivity contribution < 1.29 is 55.3 Å². The summed E-state index contributed by atoms with van der Waals surface area (Å²) in [5.41, 5.74) is -1.06. The topological polar surface area (TPSA) is 179 Å². The van der Waals surface area contributed by atoms with E-state index in [-0.39, 0.29) is 70.5 Å². The molecule has 2 N–H and O–H groups in total. The minimum absolute atomic E-state index is 0. The number of hydrazone groups is 1. The van der Waals surface area contributed by atoms with Crippen LogP contribution in [0.25, 0.3) is 5.69 Å². The van der Waals surface area contributed by atoms with Crippen molar-refractivity contribution in [1.82, 2.24) is 35.0 Å². The van der Waals surface area contributed by atoms with Gasteiger partial charge in [0, 0.05) is 36.8 Å². The summed E-state index contributed by atoms with van der Waals surface area (Å²) in [6.45, 7) is 1.19. The number of ether oxygens (including phenoxy) is 2. The van der Waals surface area contributed by atoms with E-state index in [1.54, 1.807) is 31.2 Å². The van der Waals surface area contributed by atoms with Crippen LogP contribution in [0.4, 0.5) is 24.1 Å². The normalized spacial score (nSPS) is 16.0. The Bertz CT molecular complexity index is 1580. The average Bonchev–Trinajstić information content (AvgIpc) is 3.80. The van der Waals surface area contributed by atoms with Crippen molar-refractivity contribution in [2.75, 3.05) is 44.5 Å². The number of carboxylic acid groups (broad SMARTS) is 1. The maximum absolute atomic E-state index is 15.2. The molecule has 250 valence electrons. The molecule has 0 radical (unpaired) electrons. The monoisotopic (exact) mass is 677 g/mol. The summed E-state index contributed by atoms with van der Waals surface area (Å²) in [5, 5.41) is 37.3. The second-order valence-corrected chi connectivity index (χ2v) is 10.5. The van der Waals surface area contributed by atoms with Gasteiger partial charge in [0.25, 0.3) is 0 Å². The van der Waals surface area contributed by atoms with Gasteiger partial charge in [0.05, 0.1) is 24.9 Å². The smallest absolute Gasteiger partial charge is 0.547 e. The summed E-state index contributed by atoms with van der Waals surface area (Å²) < 4.78 is 40.3. The van der Waals surface area contributed by atoms with Gasteiger partial charge in [0.2, 0.25) is 6.73 Å². The van der Waals surface area contributed by atoms with Gasteiger partial charge >= 0.3 is 24.5 Å². The van der Waals surface area contributed by atoms with Gasteiger partial charge in [0.15, 0.2) is 6.67 Å². The molecule has 0 unspecified atom stereocenters. The number of hydrogen-bond acceptors (Lipinski definition) is 12. The van der Waals surface area contributed by atoms with Crippen LogP contribution in [0.15, 0.2) is 53.9 Å². The van der Waals surface area contributed by atoms with Gasteiger partial charge in [-0.05, 0) is 54.1 Å². The third-order valence-corrected chi connectivity index (χ3v) is 7.55. The highest BCUT2D eigenvalue weighted by atomic mass is 35.5. The summed E-state index contributed by atoms with van der Waals surface area (Å²) in [6.07, 6.45) is 2.98. The van der Waals surface area contributed by atoms with E-state index in [4.69, 9.17) is 14.6 Å². The molecule has 1 aromatic heterocycles. The number of tetrazole rings is 1. The van der Waals surface area contributed by atoms with Gasteiger partial charge in [-0.1, -0.05) is 11.0 Å².